The van der Waals surface area contributed by atoms with E-state index in [9.17, 15) is 15.2 Å². The molecule has 1 aliphatic carbocycles. The van der Waals surface area contributed by atoms with Gasteiger partial charge in [0.25, 0.3) is 0 Å². The Balaban J connectivity index is 2.17. The van der Waals surface area contributed by atoms with Gasteiger partial charge in [-0.1, -0.05) is 12.1 Å². The van der Waals surface area contributed by atoms with Crippen molar-refractivity contribution in [3.8, 4) is 5.75 Å². The molecule has 1 N–H and O–H groups in total. The molecule has 2 rings (SSSR count). The second-order valence-corrected chi connectivity index (χ2v) is 3.88. The van der Waals surface area contributed by atoms with Gasteiger partial charge in [-0.2, -0.15) is 0 Å². The molecule has 0 aliphatic heterocycles. The van der Waals surface area contributed by atoms with E-state index in [1.807, 2.05) is 0 Å². The molecule has 1 saturated carbocycles. The molecule has 0 bridgehead atoms. The average molecular weight is 223 g/mol. The van der Waals surface area contributed by atoms with E-state index >= 15 is 0 Å². The summed E-state index contributed by atoms with van der Waals surface area (Å²) >= 11 is 0. The van der Waals surface area contributed by atoms with Gasteiger partial charge in [-0.25, -0.2) is 0 Å². The lowest BCUT2D eigenvalue weighted by atomic mass is 10.2. The number of ether oxygens (including phenoxy) is 1. The highest BCUT2D eigenvalue weighted by Gasteiger charge is 2.28. The molecule has 0 heterocycles. The van der Waals surface area contributed by atoms with Crippen molar-refractivity contribution >= 4 is 5.69 Å². The molecule has 86 valence electrons. The van der Waals surface area contributed by atoms with Crippen LogP contribution in [0.3, 0.4) is 0 Å². The van der Waals surface area contributed by atoms with E-state index in [0.717, 1.165) is 12.8 Å². The highest BCUT2D eigenvalue weighted by atomic mass is 16.6. The van der Waals surface area contributed by atoms with Crippen LogP contribution in [0.25, 0.3) is 0 Å². The van der Waals surface area contributed by atoms with Crippen LogP contribution in [0.5, 0.6) is 5.75 Å². The maximum atomic E-state index is 10.7. The van der Waals surface area contributed by atoms with Crippen molar-refractivity contribution in [2.24, 2.45) is 0 Å². The molecule has 0 radical (unpaired) electrons. The monoisotopic (exact) mass is 223 g/mol. The Morgan fingerprint density at radius 1 is 1.38 bits per heavy atom. The highest BCUT2D eigenvalue weighted by molar-refractivity contribution is 5.45. The number of nitro groups is 1. The Labute approximate surface area is 92.8 Å². The summed E-state index contributed by atoms with van der Waals surface area (Å²) in [6, 6.07) is 6.24. The minimum Gasteiger partial charge on any atom is -0.481 e. The molecule has 16 heavy (non-hydrogen) atoms. The number of hydrogen-bond donors (Lipinski definition) is 1. The lowest BCUT2D eigenvalue weighted by Gasteiger charge is -2.16. The Hall–Kier alpha value is -1.62. The van der Waals surface area contributed by atoms with Crippen molar-refractivity contribution in [2.45, 2.75) is 31.5 Å². The number of nitro benzene ring substituents is 1. The minimum atomic E-state index is -0.514. The summed E-state index contributed by atoms with van der Waals surface area (Å²) < 4.78 is 5.49. The molecular formula is C11H13NO4. The normalized spacial score (nSPS) is 24.3. The predicted octanol–water partition coefficient (Wildman–Crippen LogP) is 1.89. The molecule has 1 aromatic carbocycles. The van der Waals surface area contributed by atoms with Crippen LogP contribution in [-0.4, -0.2) is 22.2 Å². The minimum absolute atomic E-state index is 0.0541. The number of nitrogens with zero attached hydrogens (tertiary/aromatic N) is 1. The number of para-hydroxylation sites is 2. The standard InChI is InChI=1S/C11H13NO4/c13-9-5-3-7-11(9)16-10-6-2-1-4-8(10)12(14)15/h1-2,4,6,9,11,13H,3,5,7H2/t9-,11-/m1/s1. The van der Waals surface area contributed by atoms with E-state index in [1.54, 1.807) is 18.2 Å². The molecule has 0 unspecified atom stereocenters. The Kier molecular flexibility index (Phi) is 3.05. The van der Waals surface area contributed by atoms with E-state index < -0.39 is 11.0 Å². The first-order valence-electron chi connectivity index (χ1n) is 5.26. The second kappa shape index (κ2) is 4.49. The van der Waals surface area contributed by atoms with E-state index in [4.69, 9.17) is 4.74 Å². The van der Waals surface area contributed by atoms with Gasteiger partial charge in [0.1, 0.15) is 6.10 Å². The summed E-state index contributed by atoms with van der Waals surface area (Å²) in [5.41, 5.74) is -0.0541. The van der Waals surface area contributed by atoms with Crippen molar-refractivity contribution < 1.29 is 14.8 Å². The topological polar surface area (TPSA) is 72.6 Å². The first-order valence-corrected chi connectivity index (χ1v) is 5.26. The van der Waals surface area contributed by atoms with Gasteiger partial charge in [-0.15, -0.1) is 0 Å². The van der Waals surface area contributed by atoms with Crippen LogP contribution < -0.4 is 4.74 Å². The van der Waals surface area contributed by atoms with Crippen molar-refractivity contribution in [1.82, 2.24) is 0 Å². The predicted molar refractivity (Wildman–Crippen MR) is 57.4 cm³/mol. The highest BCUT2D eigenvalue weighted by Crippen LogP contribution is 2.30. The largest absolute Gasteiger partial charge is 0.481 e. The second-order valence-electron chi connectivity index (χ2n) is 3.88. The van der Waals surface area contributed by atoms with Gasteiger partial charge in [-0.3, -0.25) is 10.1 Å². The molecular weight excluding hydrogens is 210 g/mol. The van der Waals surface area contributed by atoms with Crippen molar-refractivity contribution in [3.05, 3.63) is 34.4 Å². The van der Waals surface area contributed by atoms with Crippen LogP contribution >= 0.6 is 0 Å². The van der Waals surface area contributed by atoms with Crippen molar-refractivity contribution in [2.75, 3.05) is 0 Å². The van der Waals surface area contributed by atoms with Crippen molar-refractivity contribution in [1.29, 1.82) is 0 Å². The van der Waals surface area contributed by atoms with Gasteiger partial charge in [0, 0.05) is 6.07 Å². The first kappa shape index (κ1) is 10.9. The fourth-order valence-corrected chi connectivity index (χ4v) is 1.91. The summed E-state index contributed by atoms with van der Waals surface area (Å²) in [6.07, 6.45) is 1.51. The number of aliphatic hydroxyl groups excluding tert-OH is 1. The SMILES string of the molecule is O=[N+]([O-])c1ccccc1O[C@@H]1CCC[C@H]1O. The van der Waals surface area contributed by atoms with Crippen LogP contribution in [0.2, 0.25) is 0 Å². The molecule has 0 spiro atoms. The molecule has 0 amide bonds. The molecule has 5 heteroatoms. The molecule has 5 nitrogen and oxygen atoms in total. The zero-order valence-corrected chi connectivity index (χ0v) is 8.70. The Bertz CT molecular complexity index is 393. The van der Waals surface area contributed by atoms with E-state index in [2.05, 4.69) is 0 Å². The fraction of sp³-hybridized carbons (Fsp3) is 0.455. The van der Waals surface area contributed by atoms with Crippen LogP contribution in [0, 0.1) is 10.1 Å². The first-order chi connectivity index (χ1) is 7.68. The van der Waals surface area contributed by atoms with E-state index in [-0.39, 0.29) is 17.5 Å². The lowest BCUT2D eigenvalue weighted by molar-refractivity contribution is -0.386. The molecule has 1 aromatic rings. The van der Waals surface area contributed by atoms with E-state index in [1.165, 1.54) is 6.07 Å². The van der Waals surface area contributed by atoms with Gasteiger partial charge < -0.3 is 9.84 Å². The number of benzene rings is 1. The summed E-state index contributed by atoms with van der Waals surface area (Å²) in [5.74, 6) is 0.235. The van der Waals surface area contributed by atoms with Gasteiger partial charge in [-0.05, 0) is 25.3 Å². The van der Waals surface area contributed by atoms with Crippen LogP contribution in [-0.2, 0) is 0 Å². The van der Waals surface area contributed by atoms with Crippen LogP contribution in [0.1, 0.15) is 19.3 Å². The van der Waals surface area contributed by atoms with E-state index in [0.29, 0.717) is 6.42 Å². The number of aliphatic hydroxyl groups is 1. The maximum absolute atomic E-state index is 10.7. The maximum Gasteiger partial charge on any atom is 0.310 e. The number of rotatable bonds is 3. The Morgan fingerprint density at radius 2 is 2.12 bits per heavy atom. The quantitative estimate of drug-likeness (QED) is 0.627. The Morgan fingerprint density at radius 3 is 2.75 bits per heavy atom. The third-order valence-corrected chi connectivity index (χ3v) is 2.76. The summed E-state index contributed by atoms with van der Waals surface area (Å²) in [4.78, 5) is 10.3. The summed E-state index contributed by atoms with van der Waals surface area (Å²) in [6.45, 7) is 0. The zero-order valence-electron chi connectivity index (χ0n) is 8.70. The molecule has 1 fully saturated rings. The molecule has 2 atom stereocenters. The lowest BCUT2D eigenvalue weighted by Crippen LogP contribution is -2.25. The van der Waals surface area contributed by atoms with Crippen molar-refractivity contribution in [3.63, 3.8) is 0 Å². The van der Waals surface area contributed by atoms with Gasteiger partial charge in [0.15, 0.2) is 5.75 Å². The van der Waals surface area contributed by atoms with Gasteiger partial charge in [0.05, 0.1) is 11.0 Å². The summed E-state index contributed by atoms with van der Waals surface area (Å²) in [7, 11) is 0. The number of hydrogen-bond acceptors (Lipinski definition) is 4. The third kappa shape index (κ3) is 2.14. The zero-order chi connectivity index (χ0) is 11.5. The smallest absolute Gasteiger partial charge is 0.310 e. The summed E-state index contributed by atoms with van der Waals surface area (Å²) in [5, 5.41) is 20.3. The van der Waals surface area contributed by atoms with Gasteiger partial charge in [0.2, 0.25) is 0 Å². The van der Waals surface area contributed by atoms with Crippen LogP contribution in [0.15, 0.2) is 24.3 Å². The molecule has 0 aromatic heterocycles. The fourth-order valence-electron chi connectivity index (χ4n) is 1.91. The molecule has 1 aliphatic rings. The van der Waals surface area contributed by atoms with Gasteiger partial charge >= 0.3 is 5.69 Å². The average Bonchev–Trinajstić information content (AvgIpc) is 2.65. The van der Waals surface area contributed by atoms with Crippen LogP contribution in [0.4, 0.5) is 5.69 Å². The third-order valence-electron chi connectivity index (χ3n) is 2.76. The molecule has 0 saturated heterocycles.